The van der Waals surface area contributed by atoms with Crippen LogP contribution in [0.3, 0.4) is 0 Å². The third kappa shape index (κ3) is 2.96. The summed E-state index contributed by atoms with van der Waals surface area (Å²) in [5.41, 5.74) is 1.01. The van der Waals surface area contributed by atoms with Gasteiger partial charge in [0.25, 0.3) is 0 Å². The topological polar surface area (TPSA) is 58.9 Å². The summed E-state index contributed by atoms with van der Waals surface area (Å²) in [5, 5.41) is 3.23. The largest absolute Gasteiger partial charge is 0.369 e. The van der Waals surface area contributed by atoms with Crippen molar-refractivity contribution in [1.29, 1.82) is 0 Å². The number of anilines is 1. The molecular weight excluding hydrogens is 252 g/mol. The van der Waals surface area contributed by atoms with Gasteiger partial charge in [-0.2, -0.15) is 0 Å². The number of aromatic nitrogens is 4. The predicted octanol–water partition coefficient (Wildman–Crippen LogP) is 1.51. The van der Waals surface area contributed by atoms with Crippen molar-refractivity contribution in [3.05, 3.63) is 36.3 Å². The monoisotopic (exact) mass is 272 g/mol. The molecule has 1 aliphatic heterocycles. The van der Waals surface area contributed by atoms with Crippen LogP contribution in [-0.2, 0) is 19.6 Å². The Balaban J connectivity index is 1.58. The van der Waals surface area contributed by atoms with Crippen LogP contribution in [0, 0.1) is 0 Å². The molecule has 0 aromatic carbocycles. The Morgan fingerprint density at radius 2 is 2.15 bits per heavy atom. The molecule has 0 saturated heterocycles. The maximum Gasteiger partial charge on any atom is 0.144 e. The van der Waals surface area contributed by atoms with Crippen LogP contribution in [0.15, 0.2) is 24.8 Å². The number of imidazole rings is 1. The van der Waals surface area contributed by atoms with Crippen LogP contribution in [-0.4, -0.2) is 37.5 Å². The zero-order valence-electron chi connectivity index (χ0n) is 11.8. The van der Waals surface area contributed by atoms with Crippen molar-refractivity contribution in [2.75, 3.05) is 18.4 Å². The average Bonchev–Trinajstić information content (AvgIpc) is 2.94. The molecule has 6 nitrogen and oxygen atoms in total. The second-order valence-corrected chi connectivity index (χ2v) is 5.07. The molecule has 0 unspecified atom stereocenters. The number of hydrogen-bond donors (Lipinski definition) is 1. The van der Waals surface area contributed by atoms with Crippen molar-refractivity contribution in [2.24, 2.45) is 0 Å². The SMILES string of the molecule is CCCNc1cnc(CN2CCn3ccnc3C2)cn1. The van der Waals surface area contributed by atoms with Gasteiger partial charge in [0.1, 0.15) is 11.6 Å². The lowest BCUT2D eigenvalue weighted by Gasteiger charge is -2.27. The first-order chi connectivity index (χ1) is 9.85. The molecule has 0 aliphatic carbocycles. The van der Waals surface area contributed by atoms with Crippen LogP contribution >= 0.6 is 0 Å². The molecule has 2 aromatic heterocycles. The zero-order valence-corrected chi connectivity index (χ0v) is 11.8. The molecule has 0 atom stereocenters. The lowest BCUT2D eigenvalue weighted by Crippen LogP contribution is -2.33. The van der Waals surface area contributed by atoms with Crippen LogP contribution in [0.25, 0.3) is 0 Å². The van der Waals surface area contributed by atoms with Crippen molar-refractivity contribution in [3.8, 4) is 0 Å². The molecule has 1 aliphatic rings. The number of nitrogens with zero attached hydrogens (tertiary/aromatic N) is 5. The molecule has 0 spiro atoms. The Hall–Kier alpha value is -1.95. The molecule has 0 radical (unpaired) electrons. The first-order valence-corrected chi connectivity index (χ1v) is 7.12. The first kappa shape index (κ1) is 13.1. The van der Waals surface area contributed by atoms with Gasteiger partial charge >= 0.3 is 0 Å². The minimum Gasteiger partial charge on any atom is -0.369 e. The number of nitrogens with one attached hydrogen (secondary N) is 1. The van der Waals surface area contributed by atoms with E-state index in [4.69, 9.17) is 0 Å². The van der Waals surface area contributed by atoms with Gasteiger partial charge in [-0.1, -0.05) is 6.92 Å². The first-order valence-electron chi connectivity index (χ1n) is 7.12. The summed E-state index contributed by atoms with van der Waals surface area (Å²) in [6.45, 7) is 6.80. The quantitative estimate of drug-likeness (QED) is 0.894. The van der Waals surface area contributed by atoms with Crippen LogP contribution in [0.2, 0.25) is 0 Å². The summed E-state index contributed by atoms with van der Waals surface area (Å²) >= 11 is 0. The Morgan fingerprint density at radius 1 is 1.20 bits per heavy atom. The lowest BCUT2D eigenvalue weighted by molar-refractivity contribution is 0.206. The van der Waals surface area contributed by atoms with Crippen molar-refractivity contribution in [1.82, 2.24) is 24.4 Å². The number of hydrogen-bond acceptors (Lipinski definition) is 5. The third-order valence-corrected chi connectivity index (χ3v) is 3.47. The van der Waals surface area contributed by atoms with Crippen LogP contribution in [0.5, 0.6) is 0 Å². The average molecular weight is 272 g/mol. The third-order valence-electron chi connectivity index (χ3n) is 3.47. The molecule has 1 N–H and O–H groups in total. The highest BCUT2D eigenvalue weighted by atomic mass is 15.2. The summed E-state index contributed by atoms with van der Waals surface area (Å²) in [5.74, 6) is 1.98. The standard InChI is InChI=1S/C14H20N6/c1-2-3-15-13-9-17-12(8-18-13)10-19-6-7-20-5-4-16-14(20)11-19/h4-5,8-9H,2-3,6-7,10-11H2,1H3,(H,15,18). The Bertz CT molecular complexity index is 547. The summed E-state index contributed by atoms with van der Waals surface area (Å²) < 4.78 is 2.21. The molecule has 6 heteroatoms. The van der Waals surface area contributed by atoms with Gasteiger partial charge in [-0.05, 0) is 6.42 Å². The number of fused-ring (bicyclic) bond motifs is 1. The van der Waals surface area contributed by atoms with E-state index in [2.05, 4.69) is 36.7 Å². The van der Waals surface area contributed by atoms with Crippen molar-refractivity contribution < 1.29 is 0 Å². The molecule has 20 heavy (non-hydrogen) atoms. The molecule has 0 amide bonds. The van der Waals surface area contributed by atoms with Gasteiger partial charge < -0.3 is 9.88 Å². The molecular formula is C14H20N6. The maximum atomic E-state index is 4.48. The predicted molar refractivity (Wildman–Crippen MR) is 77.2 cm³/mol. The highest BCUT2D eigenvalue weighted by Gasteiger charge is 2.16. The molecule has 3 heterocycles. The summed E-state index contributed by atoms with van der Waals surface area (Å²) in [7, 11) is 0. The van der Waals surface area contributed by atoms with Crippen molar-refractivity contribution >= 4 is 5.82 Å². The van der Waals surface area contributed by atoms with Gasteiger partial charge in [-0.3, -0.25) is 9.88 Å². The van der Waals surface area contributed by atoms with E-state index in [1.54, 1.807) is 0 Å². The fourth-order valence-electron chi connectivity index (χ4n) is 2.37. The van der Waals surface area contributed by atoms with Crippen LogP contribution in [0.4, 0.5) is 5.82 Å². The Labute approximate surface area is 118 Å². The summed E-state index contributed by atoms with van der Waals surface area (Å²) in [6.07, 6.45) is 8.67. The highest BCUT2D eigenvalue weighted by molar-refractivity contribution is 5.30. The lowest BCUT2D eigenvalue weighted by atomic mass is 10.3. The smallest absolute Gasteiger partial charge is 0.144 e. The van der Waals surface area contributed by atoms with Gasteiger partial charge in [0.05, 0.1) is 24.6 Å². The van der Waals surface area contributed by atoms with Crippen LogP contribution < -0.4 is 5.32 Å². The molecule has 2 aromatic rings. The zero-order chi connectivity index (χ0) is 13.8. The van der Waals surface area contributed by atoms with E-state index in [9.17, 15) is 0 Å². The second-order valence-electron chi connectivity index (χ2n) is 5.07. The van der Waals surface area contributed by atoms with E-state index in [1.165, 1.54) is 0 Å². The van der Waals surface area contributed by atoms with Gasteiger partial charge in [0.2, 0.25) is 0 Å². The van der Waals surface area contributed by atoms with E-state index in [1.807, 2.05) is 24.8 Å². The van der Waals surface area contributed by atoms with E-state index < -0.39 is 0 Å². The molecule has 106 valence electrons. The van der Waals surface area contributed by atoms with Crippen molar-refractivity contribution in [3.63, 3.8) is 0 Å². The fraction of sp³-hybridized carbons (Fsp3) is 0.500. The van der Waals surface area contributed by atoms with Crippen molar-refractivity contribution in [2.45, 2.75) is 33.0 Å². The molecule has 3 rings (SSSR count). The summed E-state index contributed by atoms with van der Waals surface area (Å²) in [4.78, 5) is 15.6. The van der Waals surface area contributed by atoms with E-state index in [0.717, 1.165) is 56.5 Å². The second kappa shape index (κ2) is 6.00. The van der Waals surface area contributed by atoms with E-state index >= 15 is 0 Å². The normalized spacial score (nSPS) is 15.1. The Kier molecular flexibility index (Phi) is 3.92. The maximum absolute atomic E-state index is 4.48. The highest BCUT2D eigenvalue weighted by Crippen LogP contribution is 2.13. The Morgan fingerprint density at radius 3 is 2.95 bits per heavy atom. The number of rotatable bonds is 5. The van der Waals surface area contributed by atoms with E-state index in [-0.39, 0.29) is 0 Å². The minimum atomic E-state index is 0.827. The summed E-state index contributed by atoms with van der Waals surface area (Å²) in [6, 6.07) is 0. The molecule has 0 fully saturated rings. The van der Waals surface area contributed by atoms with Gasteiger partial charge in [0, 0.05) is 38.6 Å². The van der Waals surface area contributed by atoms with E-state index in [0.29, 0.717) is 0 Å². The fourth-order valence-corrected chi connectivity index (χ4v) is 2.37. The molecule has 0 bridgehead atoms. The van der Waals surface area contributed by atoms with Gasteiger partial charge in [-0.15, -0.1) is 0 Å². The molecule has 0 saturated carbocycles. The van der Waals surface area contributed by atoms with Gasteiger partial charge in [-0.25, -0.2) is 9.97 Å². The van der Waals surface area contributed by atoms with Gasteiger partial charge in [0.15, 0.2) is 0 Å². The van der Waals surface area contributed by atoms with Crippen LogP contribution in [0.1, 0.15) is 24.9 Å². The minimum absolute atomic E-state index is 0.827.